The van der Waals surface area contributed by atoms with E-state index >= 15 is 0 Å². The molecule has 0 amide bonds. The predicted molar refractivity (Wildman–Crippen MR) is 74.6 cm³/mol. The fourth-order valence-electron chi connectivity index (χ4n) is 1.95. The van der Waals surface area contributed by atoms with Crippen LogP contribution in [-0.4, -0.2) is 21.9 Å². The first-order valence-corrected chi connectivity index (χ1v) is 6.69. The molecule has 0 saturated heterocycles. The van der Waals surface area contributed by atoms with Gasteiger partial charge in [0.2, 0.25) is 0 Å². The molecule has 0 atom stereocenters. The van der Waals surface area contributed by atoms with Crippen LogP contribution in [0, 0.1) is 11.3 Å². The number of carbonyl (C=O) groups is 1. The highest BCUT2D eigenvalue weighted by Gasteiger charge is 2.32. The monoisotopic (exact) mass is 339 g/mol. The third kappa shape index (κ3) is 4.74. The fraction of sp³-hybridized carbons (Fsp3) is 0.267. The zero-order chi connectivity index (χ0) is 17.7. The van der Waals surface area contributed by atoms with Crippen molar-refractivity contribution in [3.8, 4) is 11.8 Å². The van der Waals surface area contributed by atoms with Crippen molar-refractivity contribution in [1.29, 1.82) is 5.26 Å². The Labute approximate surface area is 135 Å². The number of ether oxygens (including phenoxy) is 2. The van der Waals surface area contributed by atoms with E-state index in [1.807, 2.05) is 0 Å². The van der Waals surface area contributed by atoms with Gasteiger partial charge in [0.15, 0.2) is 0 Å². The number of benzene rings is 1. The lowest BCUT2D eigenvalue weighted by molar-refractivity contribution is -0.274. The molecule has 24 heavy (non-hydrogen) atoms. The summed E-state index contributed by atoms with van der Waals surface area (Å²) in [4.78, 5) is 14.8. The van der Waals surface area contributed by atoms with Crippen LogP contribution in [0.4, 0.5) is 13.2 Å². The molecule has 0 radical (unpaired) electrons. The zero-order valence-electron chi connectivity index (χ0n) is 12.5. The van der Waals surface area contributed by atoms with E-state index in [4.69, 9.17) is 10.00 Å². The Morgan fingerprint density at radius 3 is 2.79 bits per heavy atom. The van der Waals surface area contributed by atoms with Crippen LogP contribution in [0.25, 0.3) is 0 Å². The lowest BCUT2D eigenvalue weighted by Crippen LogP contribution is -2.18. The highest BCUT2D eigenvalue weighted by atomic mass is 19.4. The molecule has 2 rings (SSSR count). The highest BCUT2D eigenvalue weighted by Crippen LogP contribution is 2.27. The minimum Gasteiger partial charge on any atom is -0.459 e. The molecule has 1 heterocycles. The number of alkyl halides is 3. The number of hydrogen-bond donors (Lipinski definition) is 0. The number of esters is 1. The molecule has 0 aliphatic rings. The Morgan fingerprint density at radius 2 is 2.17 bits per heavy atom. The van der Waals surface area contributed by atoms with Crippen LogP contribution < -0.4 is 4.74 Å². The molecule has 1 aromatic heterocycles. The van der Waals surface area contributed by atoms with Gasteiger partial charge in [-0.2, -0.15) is 5.26 Å². The summed E-state index contributed by atoms with van der Waals surface area (Å²) in [5.74, 6) is -1.02. The number of imidazole rings is 1. The van der Waals surface area contributed by atoms with Crippen molar-refractivity contribution in [3.05, 3.63) is 47.5 Å². The highest BCUT2D eigenvalue weighted by molar-refractivity contribution is 5.65. The third-order valence-corrected chi connectivity index (χ3v) is 2.97. The first-order chi connectivity index (χ1) is 11.3. The van der Waals surface area contributed by atoms with Gasteiger partial charge in [-0.05, 0) is 17.7 Å². The molecular formula is C15H12F3N3O3. The molecule has 6 nitrogen and oxygen atoms in total. The van der Waals surface area contributed by atoms with Crippen LogP contribution in [0.2, 0.25) is 0 Å². The Balaban J connectivity index is 2.22. The smallest absolute Gasteiger partial charge is 0.459 e. The van der Waals surface area contributed by atoms with E-state index in [2.05, 4.69) is 9.72 Å². The second kappa shape index (κ2) is 7.04. The summed E-state index contributed by atoms with van der Waals surface area (Å²) in [7, 11) is 0. The van der Waals surface area contributed by atoms with Gasteiger partial charge < -0.3 is 14.0 Å². The van der Waals surface area contributed by atoms with Gasteiger partial charge in [0, 0.05) is 13.5 Å². The summed E-state index contributed by atoms with van der Waals surface area (Å²) >= 11 is 0. The van der Waals surface area contributed by atoms with E-state index < -0.39 is 18.1 Å². The lowest BCUT2D eigenvalue weighted by atomic mass is 10.1. The molecular weight excluding hydrogens is 327 g/mol. The summed E-state index contributed by atoms with van der Waals surface area (Å²) in [5.41, 5.74) is 0.824. The van der Waals surface area contributed by atoms with E-state index in [9.17, 15) is 18.0 Å². The van der Waals surface area contributed by atoms with Crippen LogP contribution in [-0.2, 0) is 22.7 Å². The molecule has 0 bridgehead atoms. The summed E-state index contributed by atoms with van der Waals surface area (Å²) in [6, 6.07) is 5.55. The normalized spacial score (nSPS) is 11.0. The van der Waals surface area contributed by atoms with E-state index in [-0.39, 0.29) is 18.7 Å². The van der Waals surface area contributed by atoms with Crippen LogP contribution in [0.15, 0.2) is 30.7 Å². The van der Waals surface area contributed by atoms with Gasteiger partial charge in [-0.25, -0.2) is 4.98 Å². The fourth-order valence-corrected chi connectivity index (χ4v) is 1.95. The molecule has 0 spiro atoms. The van der Waals surface area contributed by atoms with Crippen LogP contribution in [0.5, 0.6) is 5.75 Å². The van der Waals surface area contributed by atoms with Gasteiger partial charge in [-0.1, -0.05) is 6.07 Å². The topological polar surface area (TPSA) is 77.1 Å². The van der Waals surface area contributed by atoms with Crippen LogP contribution >= 0.6 is 0 Å². The van der Waals surface area contributed by atoms with Crippen molar-refractivity contribution < 1.29 is 27.4 Å². The van der Waals surface area contributed by atoms with E-state index in [0.717, 1.165) is 6.07 Å². The molecule has 0 aliphatic heterocycles. The standard InChI is InChI=1S/C15H12F3N3O3/c1-10(22)23-8-13-6-20-9-21(13)7-11-2-3-12(5-19)14(4-11)24-15(16,17)18/h2-4,6,9H,7-8H2,1H3. The summed E-state index contributed by atoms with van der Waals surface area (Å²) in [6.45, 7) is 1.44. The molecule has 126 valence electrons. The second-order valence-corrected chi connectivity index (χ2v) is 4.78. The minimum atomic E-state index is -4.89. The number of aromatic nitrogens is 2. The Bertz CT molecular complexity index is 778. The lowest BCUT2D eigenvalue weighted by Gasteiger charge is -2.13. The Hall–Kier alpha value is -3.02. The summed E-state index contributed by atoms with van der Waals surface area (Å²) < 4.78 is 47.6. The number of carbonyl (C=O) groups excluding carboxylic acids is 1. The predicted octanol–water partition coefficient (Wildman–Crippen LogP) is 2.76. The van der Waals surface area contributed by atoms with Crippen molar-refractivity contribution in [2.24, 2.45) is 0 Å². The zero-order valence-corrected chi connectivity index (χ0v) is 12.5. The van der Waals surface area contributed by atoms with E-state index in [0.29, 0.717) is 11.3 Å². The maximum absolute atomic E-state index is 12.4. The molecule has 1 aromatic carbocycles. The average Bonchev–Trinajstić information content (AvgIpc) is 2.91. The molecule has 0 unspecified atom stereocenters. The van der Waals surface area contributed by atoms with Crippen LogP contribution in [0.3, 0.4) is 0 Å². The number of nitriles is 1. The van der Waals surface area contributed by atoms with Crippen molar-refractivity contribution >= 4 is 5.97 Å². The Kier molecular flexibility index (Phi) is 5.08. The maximum Gasteiger partial charge on any atom is 0.573 e. The van der Waals surface area contributed by atoms with E-state index in [1.54, 1.807) is 10.6 Å². The van der Waals surface area contributed by atoms with Crippen molar-refractivity contribution in [1.82, 2.24) is 9.55 Å². The minimum absolute atomic E-state index is 0.00246. The molecule has 2 aromatic rings. The summed E-state index contributed by atoms with van der Waals surface area (Å²) in [6.07, 6.45) is -1.94. The van der Waals surface area contributed by atoms with Crippen molar-refractivity contribution in [2.45, 2.75) is 26.4 Å². The van der Waals surface area contributed by atoms with Crippen molar-refractivity contribution in [3.63, 3.8) is 0 Å². The molecule has 0 N–H and O–H groups in total. The molecule has 0 saturated carbocycles. The van der Waals surface area contributed by atoms with Gasteiger partial charge in [-0.3, -0.25) is 4.79 Å². The first kappa shape index (κ1) is 17.3. The number of nitrogens with zero attached hydrogens (tertiary/aromatic N) is 3. The first-order valence-electron chi connectivity index (χ1n) is 6.69. The largest absolute Gasteiger partial charge is 0.573 e. The SMILES string of the molecule is CC(=O)OCc1cncn1Cc1ccc(C#N)c(OC(F)(F)F)c1. The number of rotatable bonds is 5. The number of hydrogen-bond acceptors (Lipinski definition) is 5. The molecule has 9 heteroatoms. The molecule has 0 aliphatic carbocycles. The van der Waals surface area contributed by atoms with Gasteiger partial charge >= 0.3 is 12.3 Å². The van der Waals surface area contributed by atoms with Crippen molar-refractivity contribution in [2.75, 3.05) is 0 Å². The Morgan fingerprint density at radius 1 is 1.42 bits per heavy atom. The van der Waals surface area contributed by atoms with Gasteiger partial charge in [0.25, 0.3) is 0 Å². The third-order valence-electron chi connectivity index (χ3n) is 2.97. The summed E-state index contributed by atoms with van der Waals surface area (Å²) in [5, 5.41) is 8.87. The maximum atomic E-state index is 12.4. The van der Waals surface area contributed by atoms with Crippen LogP contribution in [0.1, 0.15) is 23.7 Å². The van der Waals surface area contributed by atoms with E-state index in [1.165, 1.54) is 31.6 Å². The quantitative estimate of drug-likeness (QED) is 0.783. The van der Waals surface area contributed by atoms with Gasteiger partial charge in [0.05, 0.1) is 23.8 Å². The van der Waals surface area contributed by atoms with Gasteiger partial charge in [0.1, 0.15) is 18.4 Å². The molecule has 0 fully saturated rings. The second-order valence-electron chi connectivity index (χ2n) is 4.78. The average molecular weight is 339 g/mol. The van der Waals surface area contributed by atoms with Gasteiger partial charge in [-0.15, -0.1) is 13.2 Å². The number of halogens is 3.